The van der Waals surface area contributed by atoms with E-state index in [1.807, 2.05) is 0 Å². The summed E-state index contributed by atoms with van der Waals surface area (Å²) in [6.45, 7) is 2.50. The molecular formula is C22H19F5N2O4. The molecule has 1 saturated carbocycles. The van der Waals surface area contributed by atoms with Gasteiger partial charge in [0.25, 0.3) is 5.92 Å². The monoisotopic (exact) mass is 470 g/mol. The maximum Gasteiger partial charge on any atom is 0.255 e. The van der Waals surface area contributed by atoms with E-state index >= 15 is 0 Å². The largest absolute Gasteiger partial charge is 0.488 e. The molecule has 1 heterocycles. The number of nitrogens with zero attached hydrogens (tertiary/aromatic N) is 1. The van der Waals surface area contributed by atoms with Gasteiger partial charge in [0.15, 0.2) is 28.7 Å². The first-order valence-electron chi connectivity index (χ1n) is 10.0. The number of benzene rings is 2. The Bertz CT molecular complexity index is 1190. The standard InChI is InChI=1S/C22H19F5N2O4/c1-10(28-11(2)30)8-31-17-4-3-16-20(18(17)25)33-21(29-16)12-5-14(23)19(15(24)6-12)32-9-13-7-22(13,26)27/h3-6,10,13H,7-9H2,1-2H3,(H,28,30)/t10-,13?/m0/s1. The topological polar surface area (TPSA) is 73.6 Å². The number of amides is 1. The molecule has 33 heavy (non-hydrogen) atoms. The highest BCUT2D eigenvalue weighted by Gasteiger charge is 2.57. The fourth-order valence-electron chi connectivity index (χ4n) is 3.24. The maximum absolute atomic E-state index is 14.8. The van der Waals surface area contributed by atoms with Crippen molar-refractivity contribution in [1.82, 2.24) is 10.3 Å². The lowest BCUT2D eigenvalue weighted by molar-refractivity contribution is -0.119. The van der Waals surface area contributed by atoms with Crippen molar-refractivity contribution in [1.29, 1.82) is 0 Å². The Morgan fingerprint density at radius 1 is 1.24 bits per heavy atom. The van der Waals surface area contributed by atoms with Crippen LogP contribution in [0.1, 0.15) is 20.3 Å². The number of nitrogens with one attached hydrogen (secondary N) is 1. The Labute approximate surface area is 184 Å². The van der Waals surface area contributed by atoms with E-state index in [9.17, 15) is 26.7 Å². The first-order chi connectivity index (χ1) is 15.5. The SMILES string of the molecule is CC(=O)N[C@@H](C)COc1ccc2nc(-c3cc(F)c(OCC4CC4(F)F)c(F)c3)oc2c1F. The van der Waals surface area contributed by atoms with E-state index < -0.39 is 41.6 Å². The minimum atomic E-state index is -2.88. The van der Waals surface area contributed by atoms with Gasteiger partial charge in [-0.25, -0.2) is 22.5 Å². The Balaban J connectivity index is 1.53. The van der Waals surface area contributed by atoms with Crippen LogP contribution in [-0.2, 0) is 4.79 Å². The fourth-order valence-corrected chi connectivity index (χ4v) is 3.24. The van der Waals surface area contributed by atoms with Gasteiger partial charge in [0, 0.05) is 18.9 Å². The van der Waals surface area contributed by atoms with Crippen molar-refractivity contribution >= 4 is 17.0 Å². The van der Waals surface area contributed by atoms with Gasteiger partial charge in [-0.1, -0.05) is 0 Å². The summed E-state index contributed by atoms with van der Waals surface area (Å²) >= 11 is 0. The van der Waals surface area contributed by atoms with Gasteiger partial charge in [0.1, 0.15) is 12.1 Å². The van der Waals surface area contributed by atoms with Crippen molar-refractivity contribution < 1.29 is 40.6 Å². The van der Waals surface area contributed by atoms with Crippen LogP contribution in [-0.4, -0.2) is 36.1 Å². The van der Waals surface area contributed by atoms with Crippen LogP contribution in [0.4, 0.5) is 22.0 Å². The molecular weight excluding hydrogens is 451 g/mol. The summed E-state index contributed by atoms with van der Waals surface area (Å²) in [6.07, 6.45) is -0.388. The van der Waals surface area contributed by atoms with Crippen molar-refractivity contribution in [2.75, 3.05) is 13.2 Å². The number of ether oxygens (including phenoxy) is 2. The van der Waals surface area contributed by atoms with E-state index in [0.717, 1.165) is 12.1 Å². The lowest BCUT2D eigenvalue weighted by Gasteiger charge is -2.14. The minimum absolute atomic E-state index is 0.00627. The quantitative estimate of drug-likeness (QED) is 0.477. The second kappa shape index (κ2) is 8.53. The molecule has 1 N–H and O–H groups in total. The Morgan fingerprint density at radius 2 is 1.91 bits per heavy atom. The summed E-state index contributed by atoms with van der Waals surface area (Å²) in [5.74, 6) is -8.54. The average Bonchev–Trinajstić information content (AvgIpc) is 3.13. The number of halogens is 5. The number of alkyl halides is 2. The molecule has 4 rings (SSSR count). The van der Waals surface area contributed by atoms with Gasteiger partial charge in [-0.05, 0) is 31.2 Å². The lowest BCUT2D eigenvalue weighted by atomic mass is 10.2. The molecule has 1 aromatic heterocycles. The molecule has 176 valence electrons. The van der Waals surface area contributed by atoms with Crippen molar-refractivity contribution in [3.8, 4) is 23.0 Å². The first kappa shape index (κ1) is 22.8. The van der Waals surface area contributed by atoms with Crippen LogP contribution in [0.3, 0.4) is 0 Å². The molecule has 0 aliphatic heterocycles. The molecule has 0 saturated heterocycles. The van der Waals surface area contributed by atoms with E-state index in [1.165, 1.54) is 19.1 Å². The number of rotatable bonds is 8. The smallest absolute Gasteiger partial charge is 0.255 e. The van der Waals surface area contributed by atoms with E-state index in [0.29, 0.717) is 0 Å². The molecule has 1 amide bonds. The van der Waals surface area contributed by atoms with Crippen LogP contribution in [0.2, 0.25) is 0 Å². The van der Waals surface area contributed by atoms with Crippen LogP contribution < -0.4 is 14.8 Å². The normalized spacial score (nSPS) is 17.6. The third-order valence-corrected chi connectivity index (χ3v) is 5.03. The van der Waals surface area contributed by atoms with E-state index in [-0.39, 0.29) is 53.3 Å². The third-order valence-electron chi connectivity index (χ3n) is 5.03. The number of hydrogen-bond acceptors (Lipinski definition) is 5. The molecule has 0 bridgehead atoms. The zero-order chi connectivity index (χ0) is 23.9. The average molecular weight is 470 g/mol. The second-order valence-corrected chi connectivity index (χ2v) is 7.90. The summed E-state index contributed by atoms with van der Waals surface area (Å²) in [5, 5.41) is 2.59. The van der Waals surface area contributed by atoms with E-state index in [1.54, 1.807) is 6.92 Å². The van der Waals surface area contributed by atoms with Crippen molar-refractivity contribution in [3.05, 3.63) is 41.7 Å². The molecule has 2 aromatic carbocycles. The zero-order valence-electron chi connectivity index (χ0n) is 17.6. The highest BCUT2D eigenvalue weighted by Crippen LogP contribution is 2.48. The molecule has 1 aliphatic rings. The van der Waals surface area contributed by atoms with Crippen LogP contribution >= 0.6 is 0 Å². The van der Waals surface area contributed by atoms with Crippen molar-refractivity contribution in [3.63, 3.8) is 0 Å². The predicted molar refractivity (Wildman–Crippen MR) is 107 cm³/mol. The van der Waals surface area contributed by atoms with Gasteiger partial charge < -0.3 is 19.2 Å². The van der Waals surface area contributed by atoms with Crippen LogP contribution in [0, 0.1) is 23.4 Å². The number of aromatic nitrogens is 1. The second-order valence-electron chi connectivity index (χ2n) is 7.90. The third kappa shape index (κ3) is 4.86. The van der Waals surface area contributed by atoms with Crippen LogP contribution in [0.15, 0.2) is 28.7 Å². The summed E-state index contributed by atoms with van der Waals surface area (Å²) in [5.41, 5.74) is -0.333. The maximum atomic E-state index is 14.8. The van der Waals surface area contributed by atoms with Crippen LogP contribution in [0.25, 0.3) is 22.6 Å². The van der Waals surface area contributed by atoms with Crippen LogP contribution in [0.5, 0.6) is 11.5 Å². The van der Waals surface area contributed by atoms with Crippen molar-refractivity contribution in [2.24, 2.45) is 5.92 Å². The van der Waals surface area contributed by atoms with Gasteiger partial charge in [0.2, 0.25) is 17.6 Å². The lowest BCUT2D eigenvalue weighted by Crippen LogP contribution is -2.35. The summed E-state index contributed by atoms with van der Waals surface area (Å²) in [7, 11) is 0. The number of hydrogen-bond donors (Lipinski definition) is 1. The summed E-state index contributed by atoms with van der Waals surface area (Å²) in [6, 6.07) is 4.07. The molecule has 11 heteroatoms. The number of carbonyl (C=O) groups is 1. The molecule has 6 nitrogen and oxygen atoms in total. The first-order valence-corrected chi connectivity index (χ1v) is 10.0. The molecule has 0 radical (unpaired) electrons. The molecule has 2 atom stereocenters. The molecule has 1 aliphatic carbocycles. The van der Waals surface area contributed by atoms with E-state index in [2.05, 4.69) is 10.3 Å². The molecule has 0 spiro atoms. The number of fused-ring (bicyclic) bond motifs is 1. The highest BCUT2D eigenvalue weighted by molar-refractivity contribution is 5.78. The molecule has 1 fully saturated rings. The Hall–Kier alpha value is -3.37. The Morgan fingerprint density at radius 3 is 2.52 bits per heavy atom. The zero-order valence-corrected chi connectivity index (χ0v) is 17.6. The van der Waals surface area contributed by atoms with Crippen molar-refractivity contribution in [2.45, 2.75) is 32.2 Å². The molecule has 1 unspecified atom stereocenters. The van der Waals surface area contributed by atoms with E-state index in [4.69, 9.17) is 13.9 Å². The summed E-state index contributed by atoms with van der Waals surface area (Å²) in [4.78, 5) is 15.1. The Kier molecular flexibility index (Phi) is 5.89. The summed E-state index contributed by atoms with van der Waals surface area (Å²) < 4.78 is 85.1. The van der Waals surface area contributed by atoms with Gasteiger partial charge in [0.05, 0.1) is 18.6 Å². The molecule has 3 aromatic rings. The van der Waals surface area contributed by atoms with Gasteiger partial charge in [-0.15, -0.1) is 0 Å². The minimum Gasteiger partial charge on any atom is -0.488 e. The van der Waals surface area contributed by atoms with Gasteiger partial charge >= 0.3 is 0 Å². The number of oxazole rings is 1. The highest BCUT2D eigenvalue weighted by atomic mass is 19.3. The predicted octanol–water partition coefficient (Wildman–Crippen LogP) is 4.85. The number of carbonyl (C=O) groups excluding carboxylic acids is 1. The van der Waals surface area contributed by atoms with Gasteiger partial charge in [-0.3, -0.25) is 4.79 Å². The fraction of sp³-hybridized carbons (Fsp3) is 0.364. The van der Waals surface area contributed by atoms with Gasteiger partial charge in [-0.2, -0.15) is 4.39 Å².